The lowest BCUT2D eigenvalue weighted by Crippen LogP contribution is -2.04. The van der Waals surface area contributed by atoms with Crippen molar-refractivity contribution in [3.63, 3.8) is 0 Å². The van der Waals surface area contributed by atoms with E-state index in [1.807, 2.05) is 16.9 Å². The van der Waals surface area contributed by atoms with E-state index in [0.717, 1.165) is 23.9 Å². The molecule has 0 radical (unpaired) electrons. The van der Waals surface area contributed by atoms with Gasteiger partial charge in [-0.2, -0.15) is 5.10 Å². The van der Waals surface area contributed by atoms with E-state index >= 15 is 0 Å². The van der Waals surface area contributed by atoms with E-state index in [1.54, 1.807) is 25.4 Å². The number of ether oxygens (including phenoxy) is 2. The third-order valence-corrected chi connectivity index (χ3v) is 4.42. The lowest BCUT2D eigenvalue weighted by molar-refractivity contribution is 0.147. The molecule has 134 valence electrons. The van der Waals surface area contributed by atoms with Gasteiger partial charge in [0.2, 0.25) is 0 Å². The summed E-state index contributed by atoms with van der Waals surface area (Å²) in [5.74, 6) is 0.468. The maximum atomic E-state index is 14.6. The van der Waals surface area contributed by atoms with Crippen molar-refractivity contribution in [2.24, 2.45) is 0 Å². The standard InChI is InChI=1S/C18H21BrFN3O2/c1-24-9-10-25-16-7-4-5-14-17(20)15(22-18(14)16)6-2-3-8-23-12-13(19)11-21-23/h4-5,7,11-12,22H,2-3,6,8-10H2,1H3. The van der Waals surface area contributed by atoms with Crippen LogP contribution in [0, 0.1) is 5.82 Å². The Balaban J connectivity index is 1.63. The zero-order valence-corrected chi connectivity index (χ0v) is 15.7. The number of para-hydroxylation sites is 1. The summed E-state index contributed by atoms with van der Waals surface area (Å²) in [5, 5.41) is 4.79. The van der Waals surface area contributed by atoms with Crippen molar-refractivity contribution in [1.82, 2.24) is 14.8 Å². The predicted octanol–water partition coefficient (Wildman–Crippen LogP) is 4.31. The van der Waals surface area contributed by atoms with E-state index in [2.05, 4.69) is 26.0 Å². The molecule has 0 atom stereocenters. The summed E-state index contributed by atoms with van der Waals surface area (Å²) < 4.78 is 28.1. The number of halogens is 2. The Morgan fingerprint density at radius 2 is 2.16 bits per heavy atom. The number of hydrogen-bond acceptors (Lipinski definition) is 3. The van der Waals surface area contributed by atoms with Gasteiger partial charge in [-0.3, -0.25) is 4.68 Å². The number of hydrogen-bond donors (Lipinski definition) is 1. The number of rotatable bonds is 9. The second kappa shape index (κ2) is 8.49. The molecule has 0 aliphatic carbocycles. The minimum Gasteiger partial charge on any atom is -0.489 e. The smallest absolute Gasteiger partial charge is 0.151 e. The topological polar surface area (TPSA) is 52.1 Å². The summed E-state index contributed by atoms with van der Waals surface area (Å²) in [7, 11) is 1.62. The molecular weight excluding hydrogens is 389 g/mol. The molecule has 1 N–H and O–H groups in total. The first-order valence-electron chi connectivity index (χ1n) is 8.28. The van der Waals surface area contributed by atoms with Gasteiger partial charge in [0.15, 0.2) is 5.82 Å². The van der Waals surface area contributed by atoms with E-state index in [9.17, 15) is 4.39 Å². The molecule has 3 aromatic rings. The highest BCUT2D eigenvalue weighted by Crippen LogP contribution is 2.29. The fourth-order valence-corrected chi connectivity index (χ4v) is 3.10. The van der Waals surface area contributed by atoms with Gasteiger partial charge >= 0.3 is 0 Å². The van der Waals surface area contributed by atoms with Crippen LogP contribution in [0.15, 0.2) is 35.1 Å². The van der Waals surface area contributed by atoms with Crippen LogP contribution < -0.4 is 4.74 Å². The molecular formula is C18H21BrFN3O2. The van der Waals surface area contributed by atoms with E-state index in [-0.39, 0.29) is 5.82 Å². The highest BCUT2D eigenvalue weighted by molar-refractivity contribution is 9.10. The fraction of sp³-hybridized carbons (Fsp3) is 0.389. The molecule has 0 unspecified atom stereocenters. The third kappa shape index (κ3) is 4.41. The van der Waals surface area contributed by atoms with E-state index < -0.39 is 0 Å². The van der Waals surface area contributed by atoms with Crippen molar-refractivity contribution in [1.29, 1.82) is 0 Å². The maximum absolute atomic E-state index is 14.6. The molecule has 0 fully saturated rings. The van der Waals surface area contributed by atoms with Gasteiger partial charge in [0, 0.05) is 25.2 Å². The largest absolute Gasteiger partial charge is 0.489 e. The Morgan fingerprint density at radius 1 is 1.28 bits per heavy atom. The van der Waals surface area contributed by atoms with Crippen LogP contribution in [0.25, 0.3) is 10.9 Å². The van der Waals surface area contributed by atoms with Crippen LogP contribution >= 0.6 is 15.9 Å². The molecule has 1 aromatic carbocycles. The van der Waals surface area contributed by atoms with Gasteiger partial charge in [0.05, 0.1) is 28.5 Å². The minimum atomic E-state index is -0.186. The minimum absolute atomic E-state index is 0.186. The lowest BCUT2D eigenvalue weighted by Gasteiger charge is -2.06. The number of methoxy groups -OCH3 is 1. The van der Waals surface area contributed by atoms with Crippen LogP contribution in [0.3, 0.4) is 0 Å². The average molecular weight is 410 g/mol. The normalized spacial score (nSPS) is 11.3. The molecule has 0 bridgehead atoms. The van der Waals surface area contributed by atoms with Crippen molar-refractivity contribution in [2.75, 3.05) is 20.3 Å². The van der Waals surface area contributed by atoms with Gasteiger partial charge < -0.3 is 14.5 Å². The van der Waals surface area contributed by atoms with Crippen molar-refractivity contribution in [3.8, 4) is 5.75 Å². The maximum Gasteiger partial charge on any atom is 0.151 e. The van der Waals surface area contributed by atoms with Crippen LogP contribution in [0.1, 0.15) is 18.5 Å². The first-order chi connectivity index (χ1) is 12.2. The van der Waals surface area contributed by atoms with Crippen LogP contribution in [-0.4, -0.2) is 35.1 Å². The van der Waals surface area contributed by atoms with E-state index in [0.29, 0.717) is 42.0 Å². The van der Waals surface area contributed by atoms with Gasteiger partial charge in [0.25, 0.3) is 0 Å². The van der Waals surface area contributed by atoms with Gasteiger partial charge in [-0.15, -0.1) is 0 Å². The molecule has 0 saturated carbocycles. The number of aromatic nitrogens is 3. The Hall–Kier alpha value is -1.86. The Morgan fingerprint density at radius 3 is 2.92 bits per heavy atom. The first-order valence-corrected chi connectivity index (χ1v) is 9.07. The Kier molecular flexibility index (Phi) is 6.09. The highest BCUT2D eigenvalue weighted by Gasteiger charge is 2.14. The molecule has 3 rings (SSSR count). The highest BCUT2D eigenvalue weighted by atomic mass is 79.9. The molecule has 0 amide bonds. The van der Waals surface area contributed by atoms with Gasteiger partial charge in [-0.05, 0) is 47.3 Å². The zero-order valence-electron chi connectivity index (χ0n) is 14.1. The second-order valence-corrected chi connectivity index (χ2v) is 6.73. The van der Waals surface area contributed by atoms with Gasteiger partial charge in [0.1, 0.15) is 12.4 Å². The summed E-state index contributed by atoms with van der Waals surface area (Å²) in [6.45, 7) is 1.75. The molecule has 0 saturated heterocycles. The van der Waals surface area contributed by atoms with Crippen molar-refractivity contribution in [2.45, 2.75) is 25.8 Å². The molecule has 2 aromatic heterocycles. The molecule has 5 nitrogen and oxygen atoms in total. The fourth-order valence-electron chi connectivity index (χ4n) is 2.77. The Labute approximate surface area is 154 Å². The molecule has 7 heteroatoms. The van der Waals surface area contributed by atoms with Gasteiger partial charge in [-0.25, -0.2) is 4.39 Å². The number of unbranched alkanes of at least 4 members (excludes halogenated alkanes) is 1. The summed E-state index contributed by atoms with van der Waals surface area (Å²) >= 11 is 3.38. The third-order valence-electron chi connectivity index (χ3n) is 4.01. The van der Waals surface area contributed by atoms with E-state index in [1.165, 1.54) is 0 Å². The molecule has 0 spiro atoms. The number of nitrogens with one attached hydrogen (secondary N) is 1. The summed E-state index contributed by atoms with van der Waals surface area (Å²) in [6, 6.07) is 5.42. The van der Waals surface area contributed by atoms with Crippen LogP contribution in [0.2, 0.25) is 0 Å². The SMILES string of the molecule is COCCOc1cccc2c(F)c(CCCCn3cc(Br)cn3)[nH]c12. The summed E-state index contributed by atoms with van der Waals surface area (Å²) in [5.41, 5.74) is 1.33. The van der Waals surface area contributed by atoms with Crippen LogP contribution in [0.5, 0.6) is 5.75 Å². The average Bonchev–Trinajstić information content (AvgIpc) is 3.16. The number of benzene rings is 1. The predicted molar refractivity (Wildman–Crippen MR) is 98.5 cm³/mol. The van der Waals surface area contributed by atoms with Crippen molar-refractivity contribution >= 4 is 26.8 Å². The monoisotopic (exact) mass is 409 g/mol. The second-order valence-electron chi connectivity index (χ2n) is 5.82. The number of H-pyrrole nitrogens is 1. The summed E-state index contributed by atoms with van der Waals surface area (Å²) in [4.78, 5) is 3.19. The van der Waals surface area contributed by atoms with Crippen molar-refractivity contribution in [3.05, 3.63) is 46.6 Å². The number of fused-ring (bicyclic) bond motifs is 1. The lowest BCUT2D eigenvalue weighted by atomic mass is 10.1. The van der Waals surface area contributed by atoms with Crippen LogP contribution in [0.4, 0.5) is 4.39 Å². The molecule has 0 aliphatic heterocycles. The molecule has 25 heavy (non-hydrogen) atoms. The zero-order chi connectivity index (χ0) is 17.6. The van der Waals surface area contributed by atoms with Gasteiger partial charge in [-0.1, -0.05) is 6.07 Å². The molecule has 0 aliphatic rings. The Bertz CT molecular complexity index is 831. The summed E-state index contributed by atoms with van der Waals surface area (Å²) in [6.07, 6.45) is 6.16. The number of aryl methyl sites for hydroxylation is 2. The first kappa shape index (κ1) is 17.9. The number of aromatic amines is 1. The van der Waals surface area contributed by atoms with Crippen LogP contribution in [-0.2, 0) is 17.7 Å². The number of nitrogens with zero attached hydrogens (tertiary/aromatic N) is 2. The van der Waals surface area contributed by atoms with E-state index in [4.69, 9.17) is 9.47 Å². The van der Waals surface area contributed by atoms with Crippen molar-refractivity contribution < 1.29 is 13.9 Å². The quantitative estimate of drug-likeness (QED) is 0.535. The molecule has 2 heterocycles.